The van der Waals surface area contributed by atoms with Crippen molar-refractivity contribution in [1.29, 1.82) is 5.26 Å². The smallest absolute Gasteiger partial charge is 0.266 e. The summed E-state index contributed by atoms with van der Waals surface area (Å²) in [6, 6.07) is 12.1. The Morgan fingerprint density at radius 3 is 2.63 bits per heavy atom. The number of nitriles is 1. The maximum atomic E-state index is 13.7. The SMILES string of the molecule is Cc1cc(-c2cccc(COc3ccc(F)c(F)c3F)c2)c(C#N)c(=O)[nH]1. The molecule has 0 aliphatic heterocycles. The van der Waals surface area contributed by atoms with Gasteiger partial charge in [-0.05, 0) is 42.3 Å². The van der Waals surface area contributed by atoms with Crippen LogP contribution in [-0.4, -0.2) is 4.98 Å². The largest absolute Gasteiger partial charge is 0.486 e. The van der Waals surface area contributed by atoms with Gasteiger partial charge in [0.1, 0.15) is 18.2 Å². The maximum Gasteiger partial charge on any atom is 0.266 e. The molecule has 0 unspecified atom stereocenters. The average Bonchev–Trinajstić information content (AvgIpc) is 2.65. The van der Waals surface area contributed by atoms with Crippen molar-refractivity contribution in [3.63, 3.8) is 0 Å². The number of H-pyrrole nitrogens is 1. The van der Waals surface area contributed by atoms with E-state index in [9.17, 15) is 23.2 Å². The van der Waals surface area contributed by atoms with Crippen LogP contribution in [0.1, 0.15) is 16.8 Å². The van der Waals surface area contributed by atoms with Crippen LogP contribution in [0.5, 0.6) is 5.75 Å². The predicted molar refractivity (Wildman–Crippen MR) is 92.6 cm³/mol. The highest BCUT2D eigenvalue weighted by Crippen LogP contribution is 2.25. The summed E-state index contributed by atoms with van der Waals surface area (Å²) in [7, 11) is 0. The lowest BCUT2D eigenvalue weighted by Gasteiger charge is -2.10. The Morgan fingerprint density at radius 2 is 1.89 bits per heavy atom. The Balaban J connectivity index is 1.91. The number of benzene rings is 2. The molecule has 136 valence electrons. The highest BCUT2D eigenvalue weighted by molar-refractivity contribution is 5.70. The molecule has 0 fully saturated rings. The third-order valence-electron chi connectivity index (χ3n) is 3.91. The van der Waals surface area contributed by atoms with Gasteiger partial charge in [-0.3, -0.25) is 4.79 Å². The van der Waals surface area contributed by atoms with Crippen molar-refractivity contribution in [2.24, 2.45) is 0 Å². The van der Waals surface area contributed by atoms with Gasteiger partial charge in [0.2, 0.25) is 5.82 Å². The first-order chi connectivity index (χ1) is 12.9. The van der Waals surface area contributed by atoms with Gasteiger partial charge in [-0.2, -0.15) is 9.65 Å². The summed E-state index contributed by atoms with van der Waals surface area (Å²) in [6.45, 7) is 1.59. The molecule has 1 heterocycles. The third-order valence-corrected chi connectivity index (χ3v) is 3.91. The standard InChI is InChI=1S/C20H13F3N2O2/c1-11-7-14(15(9-24)20(26)25-11)13-4-2-3-12(8-13)10-27-17-6-5-16(21)18(22)19(17)23/h2-8H,10H2,1H3,(H,25,26). The zero-order valence-electron chi connectivity index (χ0n) is 14.1. The number of aromatic amines is 1. The molecule has 7 heteroatoms. The number of halogens is 3. The minimum Gasteiger partial charge on any atom is -0.486 e. The molecule has 4 nitrogen and oxygen atoms in total. The molecule has 0 aliphatic rings. The van der Waals surface area contributed by atoms with Crippen molar-refractivity contribution in [2.75, 3.05) is 0 Å². The summed E-state index contributed by atoms with van der Waals surface area (Å²) in [4.78, 5) is 14.5. The minimum atomic E-state index is -1.60. The Hall–Kier alpha value is -3.53. The molecule has 1 aromatic heterocycles. The molecule has 0 saturated carbocycles. The fourth-order valence-corrected chi connectivity index (χ4v) is 2.64. The van der Waals surface area contributed by atoms with E-state index < -0.39 is 28.8 Å². The van der Waals surface area contributed by atoms with Crippen molar-refractivity contribution in [1.82, 2.24) is 4.98 Å². The Kier molecular flexibility index (Phi) is 4.99. The van der Waals surface area contributed by atoms with Gasteiger partial charge < -0.3 is 9.72 Å². The molecule has 3 rings (SSSR count). The summed E-state index contributed by atoms with van der Waals surface area (Å²) >= 11 is 0. The molecular formula is C20H13F3N2O2. The number of aryl methyl sites for hydroxylation is 1. The number of hydrogen-bond acceptors (Lipinski definition) is 3. The molecule has 0 atom stereocenters. The second-order valence-electron chi connectivity index (χ2n) is 5.84. The van der Waals surface area contributed by atoms with E-state index in [-0.39, 0.29) is 12.2 Å². The minimum absolute atomic E-state index is 0.0229. The van der Waals surface area contributed by atoms with Gasteiger partial charge in [0.25, 0.3) is 5.56 Å². The Labute approximate surface area is 152 Å². The van der Waals surface area contributed by atoms with Gasteiger partial charge in [-0.1, -0.05) is 18.2 Å². The van der Waals surface area contributed by atoms with Crippen LogP contribution < -0.4 is 10.3 Å². The summed E-state index contributed by atoms with van der Waals surface area (Å²) in [5, 5.41) is 9.25. The van der Waals surface area contributed by atoms with Crippen LogP contribution in [0, 0.1) is 35.7 Å². The summed E-state index contributed by atoms with van der Waals surface area (Å²) in [5.74, 6) is -4.71. The highest BCUT2D eigenvalue weighted by Gasteiger charge is 2.15. The number of ether oxygens (including phenoxy) is 1. The van der Waals surface area contributed by atoms with Crippen LogP contribution >= 0.6 is 0 Å². The number of nitrogens with one attached hydrogen (secondary N) is 1. The molecule has 27 heavy (non-hydrogen) atoms. The number of aromatic nitrogens is 1. The number of hydrogen-bond donors (Lipinski definition) is 1. The normalized spacial score (nSPS) is 10.5. The average molecular weight is 370 g/mol. The molecule has 0 radical (unpaired) electrons. The van der Waals surface area contributed by atoms with E-state index in [2.05, 4.69) is 4.98 Å². The lowest BCUT2D eigenvalue weighted by atomic mass is 9.99. The predicted octanol–water partition coefficient (Wildman–Crippen LogP) is 4.22. The third kappa shape index (κ3) is 3.70. The van der Waals surface area contributed by atoms with Crippen LogP contribution in [0.3, 0.4) is 0 Å². The van der Waals surface area contributed by atoms with E-state index in [0.29, 0.717) is 22.4 Å². The molecule has 1 N–H and O–H groups in total. The van der Waals surface area contributed by atoms with Crippen LogP contribution in [0.25, 0.3) is 11.1 Å². The zero-order chi connectivity index (χ0) is 19.6. The lowest BCUT2D eigenvalue weighted by molar-refractivity contribution is 0.281. The molecule has 3 aromatic rings. The first-order valence-corrected chi connectivity index (χ1v) is 7.90. The number of pyridine rings is 1. The Morgan fingerprint density at radius 1 is 1.11 bits per heavy atom. The van der Waals surface area contributed by atoms with Gasteiger partial charge in [0.05, 0.1) is 0 Å². The molecule has 2 aromatic carbocycles. The van der Waals surface area contributed by atoms with E-state index in [1.807, 2.05) is 6.07 Å². The highest BCUT2D eigenvalue weighted by atomic mass is 19.2. The Bertz CT molecular complexity index is 1120. The zero-order valence-corrected chi connectivity index (χ0v) is 14.1. The van der Waals surface area contributed by atoms with Crippen LogP contribution in [0.2, 0.25) is 0 Å². The van der Waals surface area contributed by atoms with E-state index in [1.165, 1.54) is 0 Å². The molecule has 0 bridgehead atoms. The number of rotatable bonds is 4. The molecular weight excluding hydrogens is 357 g/mol. The van der Waals surface area contributed by atoms with Crippen LogP contribution in [0.4, 0.5) is 13.2 Å². The van der Waals surface area contributed by atoms with Gasteiger partial charge in [0.15, 0.2) is 17.4 Å². The lowest BCUT2D eigenvalue weighted by Crippen LogP contribution is -2.12. The van der Waals surface area contributed by atoms with Gasteiger partial charge in [-0.25, -0.2) is 8.78 Å². The first kappa shape index (κ1) is 18.3. The number of nitrogens with zero attached hydrogens (tertiary/aromatic N) is 1. The molecule has 0 amide bonds. The quantitative estimate of drug-likeness (QED) is 0.700. The van der Waals surface area contributed by atoms with E-state index in [4.69, 9.17) is 4.74 Å². The molecule has 0 spiro atoms. The van der Waals surface area contributed by atoms with Crippen molar-refractivity contribution >= 4 is 0 Å². The van der Waals surface area contributed by atoms with E-state index in [0.717, 1.165) is 12.1 Å². The molecule has 0 aliphatic carbocycles. The fraction of sp³-hybridized carbons (Fsp3) is 0.100. The van der Waals surface area contributed by atoms with E-state index in [1.54, 1.807) is 37.3 Å². The summed E-state index contributed by atoms with van der Waals surface area (Å²) in [5.41, 5.74) is 1.74. The monoisotopic (exact) mass is 370 g/mol. The topological polar surface area (TPSA) is 65.9 Å². The van der Waals surface area contributed by atoms with Crippen LogP contribution in [0.15, 0.2) is 47.3 Å². The van der Waals surface area contributed by atoms with Gasteiger partial charge >= 0.3 is 0 Å². The maximum absolute atomic E-state index is 13.7. The first-order valence-electron chi connectivity index (χ1n) is 7.90. The van der Waals surface area contributed by atoms with Crippen molar-refractivity contribution in [3.8, 4) is 22.9 Å². The van der Waals surface area contributed by atoms with Crippen molar-refractivity contribution in [3.05, 3.63) is 87.1 Å². The van der Waals surface area contributed by atoms with E-state index >= 15 is 0 Å². The van der Waals surface area contributed by atoms with Crippen molar-refractivity contribution in [2.45, 2.75) is 13.5 Å². The van der Waals surface area contributed by atoms with Gasteiger partial charge in [-0.15, -0.1) is 0 Å². The summed E-state index contributed by atoms with van der Waals surface area (Å²) < 4.78 is 45.2. The van der Waals surface area contributed by atoms with Gasteiger partial charge in [0, 0.05) is 11.3 Å². The molecule has 0 saturated heterocycles. The second kappa shape index (κ2) is 7.38. The fourth-order valence-electron chi connectivity index (χ4n) is 2.64. The van der Waals surface area contributed by atoms with Crippen molar-refractivity contribution < 1.29 is 17.9 Å². The van der Waals surface area contributed by atoms with Crippen LogP contribution in [-0.2, 0) is 6.61 Å². The second-order valence-corrected chi connectivity index (χ2v) is 5.84. The summed E-state index contributed by atoms with van der Waals surface area (Å²) in [6.07, 6.45) is 0.